The number of nitrogens with zero attached hydrogens (tertiary/aromatic N) is 4. The fourth-order valence-electron chi connectivity index (χ4n) is 5.55. The van der Waals surface area contributed by atoms with Gasteiger partial charge in [0.1, 0.15) is 0 Å². The molecule has 0 saturated carbocycles. The molecule has 0 atom stereocenters. The number of thiophene rings is 1. The van der Waals surface area contributed by atoms with Crippen molar-refractivity contribution in [1.29, 1.82) is 0 Å². The van der Waals surface area contributed by atoms with Crippen LogP contribution in [0.5, 0.6) is 0 Å². The predicted molar refractivity (Wildman–Crippen MR) is 178 cm³/mol. The first-order chi connectivity index (χ1) is 21.3. The molecule has 202 valence electrons. The molecule has 5 aromatic heterocycles. The van der Waals surface area contributed by atoms with Crippen LogP contribution in [0.4, 0.5) is 0 Å². The molecule has 0 bridgehead atoms. The van der Waals surface area contributed by atoms with E-state index < -0.39 is 0 Å². The molecule has 0 aliphatic heterocycles. The summed E-state index contributed by atoms with van der Waals surface area (Å²) in [7, 11) is 0. The van der Waals surface area contributed by atoms with Crippen LogP contribution in [0.15, 0.2) is 146 Å². The van der Waals surface area contributed by atoms with Gasteiger partial charge in [-0.15, -0.1) is 11.3 Å². The smallest absolute Gasteiger partial charge is 0.0901 e. The molecule has 4 nitrogen and oxygen atoms in total. The van der Waals surface area contributed by atoms with Crippen LogP contribution >= 0.6 is 11.3 Å². The minimum Gasteiger partial charge on any atom is -0.255 e. The minimum atomic E-state index is 0.782. The summed E-state index contributed by atoms with van der Waals surface area (Å²) in [4.78, 5) is 19.2. The maximum atomic E-state index is 5.15. The summed E-state index contributed by atoms with van der Waals surface area (Å²) in [5.74, 6) is 0. The topological polar surface area (TPSA) is 51.6 Å². The Morgan fingerprint density at radius 1 is 0.395 bits per heavy atom. The lowest BCUT2D eigenvalue weighted by atomic mass is 9.99. The van der Waals surface area contributed by atoms with Gasteiger partial charge in [0.15, 0.2) is 0 Å². The molecular weight excluding hydrogens is 545 g/mol. The lowest BCUT2D eigenvalue weighted by Crippen LogP contribution is -1.95. The Morgan fingerprint density at radius 2 is 0.977 bits per heavy atom. The van der Waals surface area contributed by atoms with Crippen molar-refractivity contribution in [1.82, 2.24) is 19.9 Å². The van der Waals surface area contributed by atoms with E-state index in [2.05, 4.69) is 101 Å². The Hall–Kier alpha value is -5.52. The third-order valence-electron chi connectivity index (χ3n) is 7.60. The lowest BCUT2D eigenvalue weighted by molar-refractivity contribution is 1.21. The zero-order valence-corrected chi connectivity index (χ0v) is 23.9. The molecule has 0 aliphatic carbocycles. The molecule has 0 saturated heterocycles. The molecule has 0 spiro atoms. The second-order valence-electron chi connectivity index (χ2n) is 10.3. The normalized spacial score (nSPS) is 11.3. The number of hydrogen-bond donors (Lipinski definition) is 0. The van der Waals surface area contributed by atoms with E-state index in [0.717, 1.165) is 45.3 Å². The molecule has 0 fully saturated rings. The van der Waals surface area contributed by atoms with Crippen molar-refractivity contribution in [3.05, 3.63) is 146 Å². The van der Waals surface area contributed by atoms with Crippen LogP contribution in [-0.2, 0) is 0 Å². The summed E-state index contributed by atoms with van der Waals surface area (Å²) in [5.41, 5.74) is 9.41. The van der Waals surface area contributed by atoms with Gasteiger partial charge in [-0.2, -0.15) is 0 Å². The van der Waals surface area contributed by atoms with Gasteiger partial charge in [-0.1, -0.05) is 72.8 Å². The van der Waals surface area contributed by atoms with E-state index in [0.29, 0.717) is 0 Å². The second-order valence-corrected chi connectivity index (χ2v) is 11.4. The number of benzene rings is 3. The van der Waals surface area contributed by atoms with Gasteiger partial charge in [0.2, 0.25) is 0 Å². The fourth-order valence-corrected chi connectivity index (χ4v) is 6.78. The summed E-state index contributed by atoms with van der Waals surface area (Å²) in [6, 6.07) is 45.9. The van der Waals surface area contributed by atoms with Crippen LogP contribution in [0.2, 0.25) is 0 Å². The summed E-state index contributed by atoms with van der Waals surface area (Å²) >= 11 is 1.85. The highest BCUT2D eigenvalue weighted by molar-refractivity contribution is 7.26. The number of aromatic nitrogens is 4. The van der Waals surface area contributed by atoms with Gasteiger partial charge in [-0.3, -0.25) is 9.97 Å². The highest BCUT2D eigenvalue weighted by atomic mass is 32.1. The molecule has 8 rings (SSSR count). The Morgan fingerprint density at radius 3 is 1.72 bits per heavy atom. The zero-order chi connectivity index (χ0) is 28.6. The van der Waals surface area contributed by atoms with E-state index in [1.54, 1.807) is 12.4 Å². The first-order valence-corrected chi connectivity index (χ1v) is 15.0. The average molecular weight is 569 g/mol. The van der Waals surface area contributed by atoms with Gasteiger partial charge in [-0.05, 0) is 71.8 Å². The molecule has 5 heterocycles. The van der Waals surface area contributed by atoms with Crippen LogP contribution < -0.4 is 0 Å². The Balaban J connectivity index is 1.22. The SMILES string of the molecule is c1ccc(-c2cc(-c3cccc(-c4cccc(-c5cccc6c5sc5ccccc56)c4)n3)cc(-c3ccccn3)n2)nc1. The largest absolute Gasteiger partial charge is 0.255 e. The van der Waals surface area contributed by atoms with Crippen molar-refractivity contribution in [2.24, 2.45) is 0 Å². The molecule has 43 heavy (non-hydrogen) atoms. The molecule has 0 radical (unpaired) electrons. The van der Waals surface area contributed by atoms with E-state index >= 15 is 0 Å². The highest BCUT2D eigenvalue weighted by Crippen LogP contribution is 2.40. The Labute approximate surface area is 253 Å². The molecule has 5 heteroatoms. The Kier molecular flexibility index (Phi) is 6.28. The summed E-state index contributed by atoms with van der Waals surface area (Å²) in [5, 5.41) is 2.61. The van der Waals surface area contributed by atoms with Crippen molar-refractivity contribution in [3.8, 4) is 56.4 Å². The minimum absolute atomic E-state index is 0.782. The van der Waals surface area contributed by atoms with Crippen molar-refractivity contribution >= 4 is 31.5 Å². The maximum Gasteiger partial charge on any atom is 0.0901 e. The molecule has 0 aliphatic rings. The van der Waals surface area contributed by atoms with Gasteiger partial charge in [0.05, 0.1) is 34.2 Å². The van der Waals surface area contributed by atoms with Crippen LogP contribution in [-0.4, -0.2) is 19.9 Å². The molecule has 8 aromatic rings. The second kappa shape index (κ2) is 10.7. The molecule has 0 unspecified atom stereocenters. The van der Waals surface area contributed by atoms with E-state index in [9.17, 15) is 0 Å². The highest BCUT2D eigenvalue weighted by Gasteiger charge is 2.14. The Bertz CT molecular complexity index is 2180. The van der Waals surface area contributed by atoms with E-state index in [-0.39, 0.29) is 0 Å². The predicted octanol–water partition coefficient (Wildman–Crippen LogP) is 9.97. The van der Waals surface area contributed by atoms with Crippen LogP contribution in [0, 0.1) is 0 Å². The standard InChI is InChI=1S/C38H24N4S/c1-2-19-37-29(12-1)30-14-8-13-28(38(30)43-37)25-10-7-11-26(22-25)31-17-9-18-32(41-31)27-23-35(33-15-3-5-20-39-33)42-36(24-27)34-16-4-6-21-40-34/h1-24H. The average Bonchev–Trinajstić information content (AvgIpc) is 3.48. The zero-order valence-electron chi connectivity index (χ0n) is 23.1. The lowest BCUT2D eigenvalue weighted by Gasteiger charge is -2.11. The third-order valence-corrected chi connectivity index (χ3v) is 8.82. The van der Waals surface area contributed by atoms with E-state index in [1.807, 2.05) is 53.8 Å². The van der Waals surface area contributed by atoms with Gasteiger partial charge in [0.25, 0.3) is 0 Å². The maximum absolute atomic E-state index is 5.15. The van der Waals surface area contributed by atoms with Gasteiger partial charge in [0, 0.05) is 43.7 Å². The van der Waals surface area contributed by atoms with E-state index in [1.165, 1.54) is 31.3 Å². The van der Waals surface area contributed by atoms with Gasteiger partial charge in [-0.25, -0.2) is 9.97 Å². The number of fused-ring (bicyclic) bond motifs is 3. The van der Waals surface area contributed by atoms with Gasteiger partial charge >= 0.3 is 0 Å². The summed E-state index contributed by atoms with van der Waals surface area (Å²) < 4.78 is 2.62. The third kappa shape index (κ3) is 4.76. The first kappa shape index (κ1) is 25.2. The summed E-state index contributed by atoms with van der Waals surface area (Å²) in [6.07, 6.45) is 3.57. The van der Waals surface area contributed by atoms with Gasteiger partial charge < -0.3 is 0 Å². The van der Waals surface area contributed by atoms with Crippen molar-refractivity contribution < 1.29 is 0 Å². The first-order valence-electron chi connectivity index (χ1n) is 14.1. The number of rotatable bonds is 5. The quantitative estimate of drug-likeness (QED) is 0.207. The molecule has 0 amide bonds. The number of hydrogen-bond acceptors (Lipinski definition) is 5. The van der Waals surface area contributed by atoms with Crippen LogP contribution in [0.1, 0.15) is 0 Å². The van der Waals surface area contributed by atoms with Crippen LogP contribution in [0.3, 0.4) is 0 Å². The molecule has 0 N–H and O–H groups in total. The summed E-state index contributed by atoms with van der Waals surface area (Å²) in [6.45, 7) is 0. The monoisotopic (exact) mass is 568 g/mol. The van der Waals surface area contributed by atoms with E-state index in [4.69, 9.17) is 9.97 Å². The number of pyridine rings is 4. The molecule has 3 aromatic carbocycles. The van der Waals surface area contributed by atoms with Crippen LogP contribution in [0.25, 0.3) is 76.6 Å². The van der Waals surface area contributed by atoms with Crippen molar-refractivity contribution in [2.75, 3.05) is 0 Å². The van der Waals surface area contributed by atoms with Crippen molar-refractivity contribution in [3.63, 3.8) is 0 Å². The molecular formula is C38H24N4S. The van der Waals surface area contributed by atoms with Crippen molar-refractivity contribution in [2.45, 2.75) is 0 Å². The fraction of sp³-hybridized carbons (Fsp3) is 0.